The summed E-state index contributed by atoms with van der Waals surface area (Å²) < 4.78 is 0. The second-order valence-electron chi connectivity index (χ2n) is 7.67. The van der Waals surface area contributed by atoms with Gasteiger partial charge in [0.25, 0.3) is 0 Å². The van der Waals surface area contributed by atoms with E-state index in [-0.39, 0.29) is 6.54 Å². The molecule has 182 valence electrons. The molecule has 32 heavy (non-hydrogen) atoms. The molecule has 1 saturated heterocycles. The molecule has 13 nitrogen and oxygen atoms in total. The highest BCUT2D eigenvalue weighted by molar-refractivity contribution is 5.94. The van der Waals surface area contributed by atoms with Crippen molar-refractivity contribution in [3.63, 3.8) is 0 Å². The van der Waals surface area contributed by atoms with Crippen LogP contribution in [-0.2, 0) is 24.0 Å². The fourth-order valence-electron chi connectivity index (χ4n) is 3.24. The Labute approximate surface area is 186 Å². The molecule has 1 aliphatic rings. The summed E-state index contributed by atoms with van der Waals surface area (Å²) in [4.78, 5) is 61.4. The molecule has 4 amide bonds. The molecule has 0 bridgehead atoms. The van der Waals surface area contributed by atoms with Gasteiger partial charge in [-0.3, -0.25) is 24.0 Å². The molecule has 0 aromatic carbocycles. The van der Waals surface area contributed by atoms with E-state index in [1.54, 1.807) is 0 Å². The number of unbranched alkanes of at least 4 members (excludes halogenated alkanes) is 1. The van der Waals surface area contributed by atoms with Gasteiger partial charge in [0, 0.05) is 6.54 Å². The van der Waals surface area contributed by atoms with Gasteiger partial charge in [0.2, 0.25) is 23.6 Å². The molecule has 1 heterocycles. The van der Waals surface area contributed by atoms with Crippen molar-refractivity contribution in [2.75, 3.05) is 26.2 Å². The number of carbonyl (C=O) groups excluding carboxylic acids is 4. The van der Waals surface area contributed by atoms with Gasteiger partial charge < -0.3 is 42.5 Å². The van der Waals surface area contributed by atoms with Crippen molar-refractivity contribution in [3.05, 3.63) is 0 Å². The van der Waals surface area contributed by atoms with Gasteiger partial charge in [0.1, 0.15) is 18.1 Å². The molecule has 0 aliphatic carbocycles. The van der Waals surface area contributed by atoms with Crippen molar-refractivity contribution >= 4 is 29.6 Å². The maximum atomic E-state index is 12.8. The third kappa shape index (κ3) is 8.40. The lowest BCUT2D eigenvalue weighted by atomic mass is 10.1. The average Bonchev–Trinajstić information content (AvgIpc) is 3.25. The Morgan fingerprint density at radius 2 is 1.84 bits per heavy atom. The molecule has 0 saturated carbocycles. The SMILES string of the molecule is C[C@H](NC(=O)[C@@H]1CCCN1C(=O)[C@H](CO)NC(=O)CNC(=O)[C@@H](N)CCCCN)C(=O)O. The minimum atomic E-state index is -1.32. The lowest BCUT2D eigenvalue weighted by molar-refractivity contribution is -0.144. The smallest absolute Gasteiger partial charge is 0.325 e. The van der Waals surface area contributed by atoms with E-state index in [2.05, 4.69) is 16.0 Å². The zero-order chi connectivity index (χ0) is 24.3. The Bertz CT molecular complexity index is 689. The summed E-state index contributed by atoms with van der Waals surface area (Å²) in [6.07, 6.45) is 2.66. The quantitative estimate of drug-likeness (QED) is 0.137. The Morgan fingerprint density at radius 1 is 1.16 bits per heavy atom. The number of aliphatic hydroxyl groups is 1. The number of amides is 4. The molecule has 1 rings (SSSR count). The van der Waals surface area contributed by atoms with Crippen LogP contribution in [0, 0.1) is 0 Å². The Kier molecular flexibility index (Phi) is 11.6. The number of nitrogens with zero attached hydrogens (tertiary/aromatic N) is 1. The van der Waals surface area contributed by atoms with E-state index in [9.17, 15) is 29.1 Å². The van der Waals surface area contributed by atoms with Crippen LogP contribution in [0.15, 0.2) is 0 Å². The summed E-state index contributed by atoms with van der Waals surface area (Å²) in [5, 5.41) is 25.5. The molecule has 0 radical (unpaired) electrons. The molecule has 1 fully saturated rings. The highest BCUT2D eigenvalue weighted by Gasteiger charge is 2.38. The first kappa shape index (κ1) is 27.3. The van der Waals surface area contributed by atoms with Gasteiger partial charge in [-0.2, -0.15) is 0 Å². The van der Waals surface area contributed by atoms with E-state index in [0.717, 1.165) is 6.42 Å². The number of aliphatic hydroxyl groups excluding tert-OH is 1. The van der Waals surface area contributed by atoms with Crippen LogP contribution in [0.1, 0.15) is 39.0 Å². The maximum absolute atomic E-state index is 12.8. The number of rotatable bonds is 13. The third-order valence-electron chi connectivity index (χ3n) is 5.11. The van der Waals surface area contributed by atoms with E-state index >= 15 is 0 Å². The lowest BCUT2D eigenvalue weighted by Crippen LogP contribution is -2.57. The monoisotopic (exact) mass is 458 g/mol. The first-order chi connectivity index (χ1) is 15.1. The van der Waals surface area contributed by atoms with Gasteiger partial charge in [-0.15, -0.1) is 0 Å². The predicted molar refractivity (Wildman–Crippen MR) is 113 cm³/mol. The topological polar surface area (TPSA) is 217 Å². The minimum absolute atomic E-state index is 0.221. The number of nitrogens with two attached hydrogens (primary N) is 2. The molecule has 9 N–H and O–H groups in total. The van der Waals surface area contributed by atoms with Crippen molar-refractivity contribution in [3.8, 4) is 0 Å². The van der Waals surface area contributed by atoms with E-state index in [4.69, 9.17) is 16.6 Å². The number of hydrogen-bond donors (Lipinski definition) is 7. The standard InChI is InChI=1S/C19H34N6O7/c1-11(19(31)32)23-17(29)14-6-4-8-25(14)18(30)13(10-26)24-15(27)9-22-16(28)12(21)5-2-3-7-20/h11-14,26H,2-10,20-21H2,1H3,(H,22,28)(H,23,29)(H,24,27)(H,31,32)/t11-,12-,13-,14-/m0/s1. The van der Waals surface area contributed by atoms with Gasteiger partial charge in [-0.1, -0.05) is 6.42 Å². The van der Waals surface area contributed by atoms with Crippen LogP contribution in [0.2, 0.25) is 0 Å². The van der Waals surface area contributed by atoms with Crippen LogP contribution in [0.3, 0.4) is 0 Å². The molecule has 1 aliphatic heterocycles. The molecular formula is C19H34N6O7. The normalized spacial score (nSPS) is 18.4. The fourth-order valence-corrected chi connectivity index (χ4v) is 3.24. The van der Waals surface area contributed by atoms with Crippen molar-refractivity contribution < 1.29 is 34.2 Å². The number of aliphatic carboxylic acids is 1. The van der Waals surface area contributed by atoms with Crippen LogP contribution in [0.4, 0.5) is 0 Å². The van der Waals surface area contributed by atoms with Crippen molar-refractivity contribution in [2.24, 2.45) is 11.5 Å². The first-order valence-corrected chi connectivity index (χ1v) is 10.6. The summed E-state index contributed by atoms with van der Waals surface area (Å²) in [5.41, 5.74) is 11.1. The highest BCUT2D eigenvalue weighted by atomic mass is 16.4. The lowest BCUT2D eigenvalue weighted by Gasteiger charge is -2.28. The minimum Gasteiger partial charge on any atom is -0.480 e. The Morgan fingerprint density at radius 3 is 2.44 bits per heavy atom. The summed E-state index contributed by atoms with van der Waals surface area (Å²) >= 11 is 0. The summed E-state index contributed by atoms with van der Waals surface area (Å²) in [5.74, 6) is -3.74. The van der Waals surface area contributed by atoms with Gasteiger partial charge in [0.05, 0.1) is 19.2 Å². The molecule has 13 heteroatoms. The van der Waals surface area contributed by atoms with Crippen molar-refractivity contribution in [1.29, 1.82) is 0 Å². The van der Waals surface area contributed by atoms with E-state index in [1.807, 2.05) is 0 Å². The van der Waals surface area contributed by atoms with Crippen LogP contribution in [-0.4, -0.2) is 95.1 Å². The largest absolute Gasteiger partial charge is 0.480 e. The number of carbonyl (C=O) groups is 5. The number of nitrogens with one attached hydrogen (secondary N) is 3. The number of likely N-dealkylation sites (tertiary alicyclic amines) is 1. The van der Waals surface area contributed by atoms with Crippen LogP contribution < -0.4 is 27.4 Å². The van der Waals surface area contributed by atoms with E-state index < -0.39 is 66.9 Å². The molecule has 0 aromatic rings. The van der Waals surface area contributed by atoms with Crippen LogP contribution >= 0.6 is 0 Å². The molecule has 0 aromatic heterocycles. The zero-order valence-corrected chi connectivity index (χ0v) is 18.2. The van der Waals surface area contributed by atoms with Gasteiger partial charge >= 0.3 is 5.97 Å². The second-order valence-corrected chi connectivity index (χ2v) is 7.67. The number of carboxylic acid groups (broad SMARTS) is 1. The second kappa shape index (κ2) is 13.6. The van der Waals surface area contributed by atoms with Gasteiger partial charge in [-0.05, 0) is 39.2 Å². The Balaban J connectivity index is 2.59. The van der Waals surface area contributed by atoms with E-state index in [0.29, 0.717) is 32.2 Å². The van der Waals surface area contributed by atoms with Crippen LogP contribution in [0.25, 0.3) is 0 Å². The molecule has 4 atom stereocenters. The van der Waals surface area contributed by atoms with Gasteiger partial charge in [-0.25, -0.2) is 0 Å². The molecule has 0 spiro atoms. The predicted octanol–water partition coefficient (Wildman–Crippen LogP) is -3.38. The van der Waals surface area contributed by atoms with Gasteiger partial charge in [0.15, 0.2) is 0 Å². The highest BCUT2D eigenvalue weighted by Crippen LogP contribution is 2.18. The zero-order valence-electron chi connectivity index (χ0n) is 18.2. The summed E-state index contributed by atoms with van der Waals surface area (Å²) in [6.45, 7) is 0.863. The Hall–Kier alpha value is -2.77. The maximum Gasteiger partial charge on any atom is 0.325 e. The summed E-state index contributed by atoms with van der Waals surface area (Å²) in [6, 6.07) is -4.13. The van der Waals surface area contributed by atoms with Crippen molar-refractivity contribution in [1.82, 2.24) is 20.9 Å². The number of hydrogen-bond acceptors (Lipinski definition) is 8. The molecular weight excluding hydrogens is 424 g/mol. The number of carboxylic acids is 1. The summed E-state index contributed by atoms with van der Waals surface area (Å²) in [7, 11) is 0. The van der Waals surface area contributed by atoms with Crippen LogP contribution in [0.5, 0.6) is 0 Å². The average molecular weight is 459 g/mol. The molecule has 0 unspecified atom stereocenters. The first-order valence-electron chi connectivity index (χ1n) is 10.6. The fraction of sp³-hybridized carbons (Fsp3) is 0.737. The van der Waals surface area contributed by atoms with E-state index in [1.165, 1.54) is 11.8 Å². The van der Waals surface area contributed by atoms with Crippen molar-refractivity contribution in [2.45, 2.75) is 63.2 Å². The third-order valence-corrected chi connectivity index (χ3v) is 5.11.